The summed E-state index contributed by atoms with van der Waals surface area (Å²) in [5, 5.41) is 0. The fourth-order valence-corrected chi connectivity index (χ4v) is 1.42. The quantitative estimate of drug-likeness (QED) is 0.682. The molecule has 0 saturated carbocycles. The van der Waals surface area contributed by atoms with Crippen LogP contribution in [0.25, 0.3) is 0 Å². The first-order valence-electron chi connectivity index (χ1n) is 5.39. The van der Waals surface area contributed by atoms with Crippen LogP contribution in [0.5, 0.6) is 0 Å². The molecule has 0 radical (unpaired) electrons. The molecule has 0 atom stereocenters. The minimum Gasteiger partial charge on any atom is -0.456 e. The van der Waals surface area contributed by atoms with E-state index in [1.165, 1.54) is 6.20 Å². The average Bonchev–Trinajstić information content (AvgIpc) is 2.41. The predicted molar refractivity (Wildman–Crippen MR) is 64.1 cm³/mol. The number of ether oxygens (including phenoxy) is 1. The molecule has 2 rings (SSSR count). The van der Waals surface area contributed by atoms with Crippen LogP contribution in [-0.2, 0) is 11.3 Å². The van der Waals surface area contributed by atoms with Crippen LogP contribution in [-0.4, -0.2) is 11.0 Å². The second kappa shape index (κ2) is 5.43. The van der Waals surface area contributed by atoms with Gasteiger partial charge in [0.05, 0.1) is 16.9 Å². The van der Waals surface area contributed by atoms with Crippen LogP contribution in [0.4, 0.5) is 14.5 Å². The molecule has 0 aliphatic rings. The van der Waals surface area contributed by atoms with Crippen LogP contribution in [0, 0.1) is 11.6 Å². The summed E-state index contributed by atoms with van der Waals surface area (Å²) in [7, 11) is 0. The molecule has 2 aromatic rings. The number of carbonyl (C=O) groups is 1. The maximum absolute atomic E-state index is 13.4. The van der Waals surface area contributed by atoms with Crippen LogP contribution < -0.4 is 5.73 Å². The van der Waals surface area contributed by atoms with Gasteiger partial charge in [0.2, 0.25) is 0 Å². The number of hydrogen-bond donors (Lipinski definition) is 1. The fraction of sp³-hybridized carbons (Fsp3) is 0.0769. The Morgan fingerprint density at radius 3 is 2.74 bits per heavy atom. The van der Waals surface area contributed by atoms with Gasteiger partial charge in [-0.15, -0.1) is 0 Å². The molecule has 0 fully saturated rings. The molecule has 0 saturated heterocycles. The number of nitrogen functional groups attached to an aromatic ring is 1. The second-order valence-electron chi connectivity index (χ2n) is 3.75. The first kappa shape index (κ1) is 12.9. The van der Waals surface area contributed by atoms with E-state index in [2.05, 4.69) is 4.98 Å². The molecule has 1 heterocycles. The largest absolute Gasteiger partial charge is 0.456 e. The SMILES string of the molecule is Nc1cc(F)c(C(=O)OCc2ccccn2)cc1F. The summed E-state index contributed by atoms with van der Waals surface area (Å²) < 4.78 is 31.5. The number of hydrogen-bond acceptors (Lipinski definition) is 4. The topological polar surface area (TPSA) is 65.2 Å². The zero-order valence-electron chi connectivity index (χ0n) is 9.77. The van der Waals surface area contributed by atoms with Gasteiger partial charge in [0.1, 0.15) is 18.2 Å². The van der Waals surface area contributed by atoms with Crippen molar-refractivity contribution >= 4 is 11.7 Å². The summed E-state index contributed by atoms with van der Waals surface area (Å²) in [6, 6.07) is 6.53. The number of pyridine rings is 1. The predicted octanol–water partition coefficient (Wildman–Crippen LogP) is 2.30. The molecule has 0 aliphatic heterocycles. The molecule has 0 bridgehead atoms. The highest BCUT2D eigenvalue weighted by molar-refractivity contribution is 5.90. The van der Waals surface area contributed by atoms with E-state index in [9.17, 15) is 13.6 Å². The average molecular weight is 264 g/mol. The van der Waals surface area contributed by atoms with Crippen molar-refractivity contribution < 1.29 is 18.3 Å². The van der Waals surface area contributed by atoms with Gasteiger partial charge in [0, 0.05) is 12.3 Å². The number of rotatable bonds is 3. The molecular formula is C13H10F2N2O2. The lowest BCUT2D eigenvalue weighted by Crippen LogP contribution is -2.09. The molecular weight excluding hydrogens is 254 g/mol. The number of carbonyl (C=O) groups excluding carboxylic acids is 1. The van der Waals surface area contributed by atoms with Gasteiger partial charge >= 0.3 is 5.97 Å². The first-order valence-corrected chi connectivity index (χ1v) is 5.39. The lowest BCUT2D eigenvalue weighted by molar-refractivity contribution is 0.0462. The van der Waals surface area contributed by atoms with Crippen molar-refractivity contribution in [1.82, 2.24) is 4.98 Å². The summed E-state index contributed by atoms with van der Waals surface area (Å²) in [5.74, 6) is -2.77. The van der Waals surface area contributed by atoms with Gasteiger partial charge in [0.25, 0.3) is 0 Å². The van der Waals surface area contributed by atoms with E-state index in [1.807, 2.05) is 0 Å². The summed E-state index contributed by atoms with van der Waals surface area (Å²) in [4.78, 5) is 15.5. The van der Waals surface area contributed by atoms with Gasteiger partial charge in [-0.25, -0.2) is 13.6 Å². The van der Waals surface area contributed by atoms with Gasteiger partial charge < -0.3 is 10.5 Å². The molecule has 0 spiro atoms. The number of halogens is 2. The third-order valence-electron chi connectivity index (χ3n) is 2.38. The Labute approximate surface area is 107 Å². The van der Waals surface area contributed by atoms with Crippen LogP contribution in [0.1, 0.15) is 16.1 Å². The third kappa shape index (κ3) is 3.04. The third-order valence-corrected chi connectivity index (χ3v) is 2.38. The van der Waals surface area contributed by atoms with Gasteiger partial charge in [-0.2, -0.15) is 0 Å². The molecule has 0 amide bonds. The monoisotopic (exact) mass is 264 g/mol. The number of aromatic nitrogens is 1. The maximum Gasteiger partial charge on any atom is 0.341 e. The minimum atomic E-state index is -0.970. The van der Waals surface area contributed by atoms with Crippen molar-refractivity contribution in [2.24, 2.45) is 0 Å². The van der Waals surface area contributed by atoms with E-state index in [0.29, 0.717) is 11.8 Å². The van der Waals surface area contributed by atoms with Gasteiger partial charge in [0.15, 0.2) is 0 Å². The van der Waals surface area contributed by atoms with Crippen molar-refractivity contribution in [3.05, 3.63) is 59.4 Å². The van der Waals surface area contributed by atoms with Crippen molar-refractivity contribution in [2.45, 2.75) is 6.61 Å². The van der Waals surface area contributed by atoms with Crippen LogP contribution in [0.3, 0.4) is 0 Å². The molecule has 0 aliphatic carbocycles. The number of benzene rings is 1. The van der Waals surface area contributed by atoms with E-state index >= 15 is 0 Å². The lowest BCUT2D eigenvalue weighted by atomic mass is 10.2. The van der Waals surface area contributed by atoms with Crippen LogP contribution in [0.15, 0.2) is 36.5 Å². The smallest absolute Gasteiger partial charge is 0.341 e. The lowest BCUT2D eigenvalue weighted by Gasteiger charge is -2.06. The Bertz CT molecular complexity index is 603. The van der Waals surface area contributed by atoms with E-state index in [4.69, 9.17) is 10.5 Å². The normalized spacial score (nSPS) is 10.2. The number of anilines is 1. The molecule has 2 N–H and O–H groups in total. The summed E-state index contributed by atoms with van der Waals surface area (Å²) in [6.07, 6.45) is 1.53. The molecule has 4 nitrogen and oxygen atoms in total. The van der Waals surface area contributed by atoms with Crippen LogP contribution in [0.2, 0.25) is 0 Å². The zero-order chi connectivity index (χ0) is 13.8. The summed E-state index contributed by atoms with van der Waals surface area (Å²) in [6.45, 7) is -0.120. The highest BCUT2D eigenvalue weighted by atomic mass is 19.1. The Hall–Kier alpha value is -2.50. The van der Waals surface area contributed by atoms with Crippen molar-refractivity contribution in [3.8, 4) is 0 Å². The number of nitrogens with zero attached hydrogens (tertiary/aromatic N) is 1. The Morgan fingerprint density at radius 1 is 1.26 bits per heavy atom. The van der Waals surface area contributed by atoms with Crippen molar-refractivity contribution in [2.75, 3.05) is 5.73 Å². The highest BCUT2D eigenvalue weighted by Gasteiger charge is 2.16. The second-order valence-corrected chi connectivity index (χ2v) is 3.75. The molecule has 0 unspecified atom stereocenters. The van der Waals surface area contributed by atoms with E-state index in [-0.39, 0.29) is 12.3 Å². The van der Waals surface area contributed by atoms with Gasteiger partial charge in [-0.1, -0.05) is 6.07 Å². The van der Waals surface area contributed by atoms with Gasteiger partial charge in [-0.05, 0) is 18.2 Å². The molecule has 1 aromatic heterocycles. The van der Waals surface area contributed by atoms with E-state index < -0.39 is 23.2 Å². The Morgan fingerprint density at radius 2 is 2.05 bits per heavy atom. The van der Waals surface area contributed by atoms with Crippen molar-refractivity contribution in [1.29, 1.82) is 0 Å². The standard InChI is InChI=1S/C13H10F2N2O2/c14-10-6-12(16)11(15)5-9(10)13(18)19-7-8-3-1-2-4-17-8/h1-6H,7,16H2. The highest BCUT2D eigenvalue weighted by Crippen LogP contribution is 2.17. The van der Waals surface area contributed by atoms with E-state index in [0.717, 1.165) is 6.07 Å². The number of esters is 1. The van der Waals surface area contributed by atoms with E-state index in [1.54, 1.807) is 18.2 Å². The first-order chi connectivity index (χ1) is 9.08. The zero-order valence-corrected chi connectivity index (χ0v) is 9.77. The summed E-state index contributed by atoms with van der Waals surface area (Å²) in [5.41, 5.74) is 4.82. The molecule has 1 aromatic carbocycles. The molecule has 19 heavy (non-hydrogen) atoms. The molecule has 6 heteroatoms. The minimum absolute atomic E-state index is 0.120. The maximum atomic E-state index is 13.4. The summed E-state index contributed by atoms with van der Waals surface area (Å²) >= 11 is 0. The Balaban J connectivity index is 2.10. The van der Waals surface area contributed by atoms with Gasteiger partial charge in [-0.3, -0.25) is 4.98 Å². The number of nitrogens with two attached hydrogens (primary N) is 1. The Kier molecular flexibility index (Phi) is 3.70. The molecule has 98 valence electrons. The fourth-order valence-electron chi connectivity index (χ4n) is 1.42. The van der Waals surface area contributed by atoms with Crippen molar-refractivity contribution in [3.63, 3.8) is 0 Å². The van der Waals surface area contributed by atoms with Crippen LogP contribution >= 0.6 is 0 Å².